The number of nitrogens with zero attached hydrogens (tertiary/aromatic N) is 4. The summed E-state index contributed by atoms with van der Waals surface area (Å²) in [5, 5.41) is 13.9. The summed E-state index contributed by atoms with van der Waals surface area (Å²) in [5.74, 6) is 2.00. The van der Waals surface area contributed by atoms with Gasteiger partial charge in [-0.05, 0) is 43.2 Å². The van der Waals surface area contributed by atoms with Gasteiger partial charge in [0.25, 0.3) is 5.56 Å². The SMILES string of the molecule is COc1cc(C=Nn2c(C3CCCCC3)nc3ccc(Br)cc3c2=O)cc(OC)c1OCC#N. The Morgan fingerprint density at radius 1 is 1.18 bits per heavy atom. The topological polar surface area (TPSA) is 98.7 Å². The largest absolute Gasteiger partial charge is 0.493 e. The lowest BCUT2D eigenvalue weighted by Crippen LogP contribution is -2.25. The molecule has 8 nitrogen and oxygen atoms in total. The summed E-state index contributed by atoms with van der Waals surface area (Å²) in [4.78, 5) is 18.3. The van der Waals surface area contributed by atoms with Crippen LogP contribution in [0.3, 0.4) is 0 Å². The molecule has 0 spiro atoms. The number of methoxy groups -OCH3 is 2. The van der Waals surface area contributed by atoms with E-state index < -0.39 is 0 Å². The highest BCUT2D eigenvalue weighted by Crippen LogP contribution is 2.38. The molecule has 1 aliphatic rings. The smallest absolute Gasteiger partial charge is 0.282 e. The third-order valence-corrected chi connectivity index (χ3v) is 6.38. The van der Waals surface area contributed by atoms with Crippen molar-refractivity contribution in [3.05, 3.63) is 56.5 Å². The second-order valence-electron chi connectivity index (χ2n) is 8.03. The van der Waals surface area contributed by atoms with Crippen molar-refractivity contribution in [3.8, 4) is 23.3 Å². The number of aromatic nitrogens is 2. The lowest BCUT2D eigenvalue weighted by atomic mass is 9.88. The molecule has 0 aliphatic heterocycles. The van der Waals surface area contributed by atoms with E-state index in [0.29, 0.717) is 39.5 Å². The third kappa shape index (κ3) is 4.92. The maximum absolute atomic E-state index is 13.5. The van der Waals surface area contributed by atoms with Gasteiger partial charge in [-0.2, -0.15) is 15.0 Å². The number of fused-ring (bicyclic) bond motifs is 1. The highest BCUT2D eigenvalue weighted by Gasteiger charge is 2.22. The van der Waals surface area contributed by atoms with Crippen molar-refractivity contribution in [3.63, 3.8) is 0 Å². The second kappa shape index (κ2) is 10.7. The van der Waals surface area contributed by atoms with Gasteiger partial charge < -0.3 is 14.2 Å². The van der Waals surface area contributed by atoms with E-state index in [0.717, 1.165) is 30.2 Å². The lowest BCUT2D eigenvalue weighted by Gasteiger charge is -2.22. The van der Waals surface area contributed by atoms with Gasteiger partial charge in [-0.3, -0.25) is 4.79 Å². The van der Waals surface area contributed by atoms with Crippen LogP contribution < -0.4 is 19.8 Å². The molecule has 0 saturated heterocycles. The van der Waals surface area contributed by atoms with Crippen LogP contribution in [0.1, 0.15) is 49.4 Å². The molecule has 1 heterocycles. The Morgan fingerprint density at radius 3 is 2.53 bits per heavy atom. The fourth-order valence-electron chi connectivity index (χ4n) is 4.25. The molecule has 9 heteroatoms. The van der Waals surface area contributed by atoms with E-state index in [4.69, 9.17) is 24.5 Å². The monoisotopic (exact) mass is 524 g/mol. The van der Waals surface area contributed by atoms with E-state index >= 15 is 0 Å². The molecule has 1 aromatic heterocycles. The van der Waals surface area contributed by atoms with Crippen molar-refractivity contribution in [1.82, 2.24) is 9.66 Å². The van der Waals surface area contributed by atoms with E-state index in [2.05, 4.69) is 21.0 Å². The summed E-state index contributed by atoms with van der Waals surface area (Å²) >= 11 is 3.44. The number of benzene rings is 2. The zero-order valence-electron chi connectivity index (χ0n) is 19.1. The fourth-order valence-corrected chi connectivity index (χ4v) is 4.61. The molecule has 0 radical (unpaired) electrons. The molecule has 1 saturated carbocycles. The average molecular weight is 525 g/mol. The van der Waals surface area contributed by atoms with Crippen LogP contribution in [0, 0.1) is 11.3 Å². The molecule has 3 aromatic rings. The van der Waals surface area contributed by atoms with E-state index in [-0.39, 0.29) is 18.1 Å². The molecule has 34 heavy (non-hydrogen) atoms. The predicted octanol–water partition coefficient (Wildman–Crippen LogP) is 5.01. The summed E-state index contributed by atoms with van der Waals surface area (Å²) in [6.07, 6.45) is 6.97. The van der Waals surface area contributed by atoms with Crippen LogP contribution >= 0.6 is 15.9 Å². The zero-order valence-corrected chi connectivity index (χ0v) is 20.7. The fraction of sp³-hybridized carbons (Fsp3) is 0.360. The predicted molar refractivity (Wildman–Crippen MR) is 133 cm³/mol. The van der Waals surface area contributed by atoms with Crippen molar-refractivity contribution >= 4 is 33.0 Å². The number of ether oxygens (including phenoxy) is 3. The molecule has 0 bridgehead atoms. The first-order chi connectivity index (χ1) is 16.5. The highest BCUT2D eigenvalue weighted by molar-refractivity contribution is 9.10. The van der Waals surface area contributed by atoms with E-state index in [1.54, 1.807) is 24.4 Å². The quantitative estimate of drug-likeness (QED) is 0.403. The van der Waals surface area contributed by atoms with Gasteiger partial charge in [0.05, 0.1) is 31.3 Å². The van der Waals surface area contributed by atoms with Gasteiger partial charge >= 0.3 is 0 Å². The molecule has 0 N–H and O–H groups in total. The minimum Gasteiger partial charge on any atom is -0.493 e. The van der Waals surface area contributed by atoms with Gasteiger partial charge in [0, 0.05) is 16.0 Å². The van der Waals surface area contributed by atoms with Crippen molar-refractivity contribution < 1.29 is 14.2 Å². The zero-order chi connectivity index (χ0) is 24.1. The summed E-state index contributed by atoms with van der Waals surface area (Å²) < 4.78 is 18.6. The van der Waals surface area contributed by atoms with Gasteiger partial charge in [0.2, 0.25) is 5.75 Å². The van der Waals surface area contributed by atoms with Crippen molar-refractivity contribution in [1.29, 1.82) is 5.26 Å². The van der Waals surface area contributed by atoms with Crippen LogP contribution in [0.2, 0.25) is 0 Å². The van der Waals surface area contributed by atoms with Crippen LogP contribution in [0.5, 0.6) is 17.2 Å². The standard InChI is InChI=1S/C25H25BrN4O4/c1-32-21-12-16(13-22(33-2)23(21)34-11-10-27)15-28-30-24(17-6-4-3-5-7-17)29-20-9-8-18(26)14-19(20)25(30)31/h8-9,12-15,17H,3-7,11H2,1-2H3. The Hall–Kier alpha value is -3.38. The van der Waals surface area contributed by atoms with E-state index in [1.807, 2.05) is 18.2 Å². The van der Waals surface area contributed by atoms with Crippen LogP contribution in [0.15, 0.2) is 44.7 Å². The molecular formula is C25H25BrN4O4. The van der Waals surface area contributed by atoms with Crippen LogP contribution in [-0.4, -0.2) is 36.7 Å². The van der Waals surface area contributed by atoms with Crippen molar-refractivity contribution in [2.45, 2.75) is 38.0 Å². The van der Waals surface area contributed by atoms with Crippen LogP contribution in [0.25, 0.3) is 10.9 Å². The Bertz CT molecular complexity index is 1300. The molecule has 0 unspecified atom stereocenters. The van der Waals surface area contributed by atoms with E-state index in [9.17, 15) is 4.79 Å². The van der Waals surface area contributed by atoms with Gasteiger partial charge in [-0.1, -0.05) is 35.2 Å². The van der Waals surface area contributed by atoms with Crippen molar-refractivity contribution in [2.24, 2.45) is 5.10 Å². The first-order valence-corrected chi connectivity index (χ1v) is 11.9. The van der Waals surface area contributed by atoms with E-state index in [1.165, 1.54) is 25.3 Å². The highest BCUT2D eigenvalue weighted by atomic mass is 79.9. The van der Waals surface area contributed by atoms with Crippen LogP contribution in [-0.2, 0) is 0 Å². The Labute approximate surface area is 205 Å². The molecule has 0 atom stereocenters. The first kappa shape index (κ1) is 23.8. The Morgan fingerprint density at radius 2 is 1.88 bits per heavy atom. The van der Waals surface area contributed by atoms with Crippen molar-refractivity contribution in [2.75, 3.05) is 20.8 Å². The third-order valence-electron chi connectivity index (χ3n) is 5.89. The summed E-state index contributed by atoms with van der Waals surface area (Å²) in [5.41, 5.74) is 1.10. The lowest BCUT2D eigenvalue weighted by molar-refractivity contribution is 0.303. The maximum Gasteiger partial charge on any atom is 0.282 e. The first-order valence-electron chi connectivity index (χ1n) is 11.1. The maximum atomic E-state index is 13.5. The molecule has 176 valence electrons. The molecule has 4 rings (SSSR count). The number of hydrogen-bond donors (Lipinski definition) is 0. The number of rotatable bonds is 7. The number of nitriles is 1. The van der Waals surface area contributed by atoms with Gasteiger partial charge in [-0.25, -0.2) is 4.98 Å². The minimum absolute atomic E-state index is 0.140. The van der Waals surface area contributed by atoms with Gasteiger partial charge in [0.1, 0.15) is 11.9 Å². The summed E-state index contributed by atoms with van der Waals surface area (Å²) in [6.45, 7) is -0.140. The second-order valence-corrected chi connectivity index (χ2v) is 8.94. The molecular weight excluding hydrogens is 500 g/mol. The average Bonchev–Trinajstić information content (AvgIpc) is 2.87. The summed E-state index contributed by atoms with van der Waals surface area (Å²) in [6, 6.07) is 10.9. The van der Waals surface area contributed by atoms with Gasteiger partial charge in [-0.15, -0.1) is 0 Å². The molecule has 1 aliphatic carbocycles. The number of halogens is 1. The van der Waals surface area contributed by atoms with Crippen LogP contribution in [0.4, 0.5) is 0 Å². The molecule has 2 aromatic carbocycles. The summed E-state index contributed by atoms with van der Waals surface area (Å²) in [7, 11) is 3.01. The number of hydrogen-bond acceptors (Lipinski definition) is 7. The molecule has 1 fully saturated rings. The minimum atomic E-state index is -0.212. The molecule has 0 amide bonds. The van der Waals surface area contributed by atoms with Gasteiger partial charge in [0.15, 0.2) is 18.1 Å². The Balaban J connectivity index is 1.82. The Kier molecular flexibility index (Phi) is 7.48. The normalized spacial score (nSPS) is 14.3.